The molecule has 0 saturated carbocycles. The number of aromatic nitrogens is 1. The second kappa shape index (κ2) is 6.68. The number of thiazole rings is 1. The zero-order valence-electron chi connectivity index (χ0n) is 11.4. The number of benzene rings is 1. The fourth-order valence-electron chi connectivity index (χ4n) is 2.02. The molecule has 0 aliphatic carbocycles. The van der Waals surface area contributed by atoms with Crippen LogP contribution in [0.3, 0.4) is 0 Å². The highest BCUT2D eigenvalue weighted by Crippen LogP contribution is 2.14. The molecule has 4 heteroatoms. The van der Waals surface area contributed by atoms with Crippen LogP contribution in [-0.4, -0.2) is 18.1 Å². The Labute approximate surface area is 118 Å². The molecule has 19 heavy (non-hydrogen) atoms. The average molecular weight is 276 g/mol. The van der Waals surface area contributed by atoms with E-state index in [1.807, 2.05) is 19.1 Å². The monoisotopic (exact) mass is 276 g/mol. The first-order valence-corrected chi connectivity index (χ1v) is 7.35. The minimum absolute atomic E-state index is 0.170. The second-order valence-corrected chi connectivity index (χ2v) is 5.77. The molecular weight excluding hydrogens is 256 g/mol. The number of aryl methyl sites for hydroxylation is 2. The van der Waals surface area contributed by atoms with Crippen LogP contribution < -0.4 is 10.5 Å². The Morgan fingerprint density at radius 1 is 1.32 bits per heavy atom. The molecule has 2 aromatic rings. The summed E-state index contributed by atoms with van der Waals surface area (Å²) in [6.45, 7) is 2.02. The molecule has 1 aromatic heterocycles. The third-order valence-corrected chi connectivity index (χ3v) is 3.92. The van der Waals surface area contributed by atoms with Crippen LogP contribution in [0.1, 0.15) is 22.7 Å². The Bertz CT molecular complexity index is 507. The summed E-state index contributed by atoms with van der Waals surface area (Å²) in [5.74, 6) is 0.894. The first-order chi connectivity index (χ1) is 9.17. The van der Waals surface area contributed by atoms with Crippen LogP contribution in [0.25, 0.3) is 0 Å². The number of methoxy groups -OCH3 is 1. The summed E-state index contributed by atoms with van der Waals surface area (Å²) in [6.07, 6.45) is 2.83. The lowest BCUT2D eigenvalue weighted by atomic mass is 10.0. The lowest BCUT2D eigenvalue weighted by Crippen LogP contribution is -2.23. The Balaban J connectivity index is 1.80. The van der Waals surface area contributed by atoms with E-state index in [1.165, 1.54) is 5.56 Å². The number of ether oxygens (including phenoxy) is 1. The summed E-state index contributed by atoms with van der Waals surface area (Å²) in [5, 5.41) is 3.21. The molecule has 102 valence electrons. The fraction of sp³-hybridized carbons (Fsp3) is 0.400. The summed E-state index contributed by atoms with van der Waals surface area (Å²) in [7, 11) is 1.68. The number of nitrogens with two attached hydrogens (primary N) is 1. The van der Waals surface area contributed by atoms with E-state index in [-0.39, 0.29) is 6.04 Å². The molecule has 0 bridgehead atoms. The number of rotatable bonds is 6. The van der Waals surface area contributed by atoms with Crippen LogP contribution in [0.15, 0.2) is 29.6 Å². The van der Waals surface area contributed by atoms with E-state index in [2.05, 4.69) is 22.5 Å². The van der Waals surface area contributed by atoms with Crippen LogP contribution in [0, 0.1) is 6.92 Å². The third kappa shape index (κ3) is 4.33. The van der Waals surface area contributed by atoms with E-state index >= 15 is 0 Å². The first kappa shape index (κ1) is 14.0. The number of hydrogen-bond donors (Lipinski definition) is 1. The van der Waals surface area contributed by atoms with E-state index in [0.717, 1.165) is 35.7 Å². The summed E-state index contributed by atoms with van der Waals surface area (Å²) >= 11 is 1.68. The van der Waals surface area contributed by atoms with E-state index in [0.29, 0.717) is 0 Å². The molecule has 3 nitrogen and oxygen atoms in total. The topological polar surface area (TPSA) is 48.1 Å². The van der Waals surface area contributed by atoms with Crippen LogP contribution in [0.2, 0.25) is 0 Å². The number of hydrogen-bond acceptors (Lipinski definition) is 4. The normalized spacial score (nSPS) is 12.4. The molecule has 2 rings (SSSR count). The second-order valence-electron chi connectivity index (χ2n) is 4.71. The van der Waals surface area contributed by atoms with Crippen molar-refractivity contribution in [3.63, 3.8) is 0 Å². The minimum atomic E-state index is 0.170. The summed E-state index contributed by atoms with van der Waals surface area (Å²) < 4.78 is 5.14. The van der Waals surface area contributed by atoms with Crippen LogP contribution in [0.4, 0.5) is 0 Å². The molecule has 0 aliphatic rings. The van der Waals surface area contributed by atoms with Crippen molar-refractivity contribution in [3.8, 4) is 5.75 Å². The van der Waals surface area contributed by atoms with Crippen molar-refractivity contribution in [2.45, 2.75) is 32.2 Å². The molecule has 0 aliphatic heterocycles. The van der Waals surface area contributed by atoms with Gasteiger partial charge in [0.05, 0.1) is 17.8 Å². The first-order valence-electron chi connectivity index (χ1n) is 6.47. The molecule has 1 heterocycles. The van der Waals surface area contributed by atoms with Gasteiger partial charge in [0.2, 0.25) is 0 Å². The zero-order chi connectivity index (χ0) is 13.7. The van der Waals surface area contributed by atoms with Gasteiger partial charge in [-0.15, -0.1) is 11.3 Å². The van der Waals surface area contributed by atoms with Gasteiger partial charge in [-0.2, -0.15) is 0 Å². The van der Waals surface area contributed by atoms with Gasteiger partial charge in [-0.3, -0.25) is 0 Å². The van der Waals surface area contributed by atoms with Crippen LogP contribution >= 0.6 is 11.3 Å². The number of nitrogens with zero attached hydrogens (tertiary/aromatic N) is 1. The summed E-state index contributed by atoms with van der Waals surface area (Å²) in [5.41, 5.74) is 8.57. The maximum Gasteiger partial charge on any atom is 0.118 e. The Kier molecular flexibility index (Phi) is 4.93. The van der Waals surface area contributed by atoms with Gasteiger partial charge in [-0.25, -0.2) is 4.98 Å². The average Bonchev–Trinajstić information content (AvgIpc) is 2.82. The van der Waals surface area contributed by atoms with Gasteiger partial charge in [0, 0.05) is 17.8 Å². The predicted molar refractivity (Wildman–Crippen MR) is 79.8 cm³/mol. The van der Waals surface area contributed by atoms with Gasteiger partial charge in [0.25, 0.3) is 0 Å². The smallest absolute Gasteiger partial charge is 0.118 e. The molecule has 0 saturated heterocycles. The molecule has 1 aromatic carbocycles. The molecule has 1 unspecified atom stereocenters. The van der Waals surface area contributed by atoms with E-state index < -0.39 is 0 Å². The minimum Gasteiger partial charge on any atom is -0.497 e. The van der Waals surface area contributed by atoms with E-state index in [9.17, 15) is 0 Å². The third-order valence-electron chi connectivity index (χ3n) is 3.10. The van der Waals surface area contributed by atoms with Crippen molar-refractivity contribution in [3.05, 3.63) is 45.9 Å². The van der Waals surface area contributed by atoms with Crippen LogP contribution in [-0.2, 0) is 12.8 Å². The molecule has 0 spiro atoms. The van der Waals surface area contributed by atoms with Gasteiger partial charge in [-0.05, 0) is 37.5 Å². The SMILES string of the molecule is COc1ccc(CCC(N)Cc2csc(C)n2)cc1. The van der Waals surface area contributed by atoms with Crippen molar-refractivity contribution in [2.24, 2.45) is 5.73 Å². The Morgan fingerprint density at radius 2 is 2.05 bits per heavy atom. The zero-order valence-corrected chi connectivity index (χ0v) is 12.2. The van der Waals surface area contributed by atoms with Crippen molar-refractivity contribution in [2.75, 3.05) is 7.11 Å². The maximum atomic E-state index is 6.16. The highest BCUT2D eigenvalue weighted by atomic mass is 32.1. The molecule has 2 N–H and O–H groups in total. The van der Waals surface area contributed by atoms with E-state index in [4.69, 9.17) is 10.5 Å². The lowest BCUT2D eigenvalue weighted by Gasteiger charge is -2.10. The van der Waals surface area contributed by atoms with Crippen molar-refractivity contribution in [1.29, 1.82) is 0 Å². The van der Waals surface area contributed by atoms with Gasteiger partial charge >= 0.3 is 0 Å². The lowest BCUT2D eigenvalue weighted by molar-refractivity contribution is 0.414. The molecule has 0 fully saturated rings. The van der Waals surface area contributed by atoms with Crippen LogP contribution in [0.5, 0.6) is 5.75 Å². The Hall–Kier alpha value is -1.39. The Morgan fingerprint density at radius 3 is 2.63 bits per heavy atom. The van der Waals surface area contributed by atoms with Gasteiger partial charge in [0.15, 0.2) is 0 Å². The highest BCUT2D eigenvalue weighted by Gasteiger charge is 2.07. The molecule has 0 radical (unpaired) electrons. The van der Waals surface area contributed by atoms with Crippen molar-refractivity contribution in [1.82, 2.24) is 4.98 Å². The standard InChI is InChI=1S/C15H20N2OS/c1-11-17-14(10-19-11)9-13(16)6-3-12-4-7-15(18-2)8-5-12/h4-5,7-8,10,13H,3,6,9,16H2,1-2H3. The maximum absolute atomic E-state index is 6.16. The summed E-state index contributed by atoms with van der Waals surface area (Å²) in [6, 6.07) is 8.34. The quantitative estimate of drug-likeness (QED) is 0.882. The molecular formula is C15H20N2OS. The highest BCUT2D eigenvalue weighted by molar-refractivity contribution is 7.09. The van der Waals surface area contributed by atoms with Gasteiger partial charge < -0.3 is 10.5 Å². The van der Waals surface area contributed by atoms with Crippen molar-refractivity contribution < 1.29 is 4.74 Å². The van der Waals surface area contributed by atoms with Gasteiger partial charge in [-0.1, -0.05) is 12.1 Å². The summed E-state index contributed by atoms with van der Waals surface area (Å²) in [4.78, 5) is 4.45. The molecule has 1 atom stereocenters. The predicted octanol–water partition coefficient (Wildman–Crippen LogP) is 2.96. The largest absolute Gasteiger partial charge is 0.497 e. The van der Waals surface area contributed by atoms with Crippen molar-refractivity contribution >= 4 is 11.3 Å². The molecule has 0 amide bonds. The fourth-order valence-corrected chi connectivity index (χ4v) is 2.64. The van der Waals surface area contributed by atoms with Gasteiger partial charge in [0.1, 0.15) is 5.75 Å². The van der Waals surface area contributed by atoms with E-state index in [1.54, 1.807) is 18.4 Å².